The number of azo groups is 1. The number of aromatic hydroxyl groups is 1. The smallest absolute Gasteiger partial charge is 0.337 e. The number of aromatic carboxylic acids is 1. The molecule has 0 amide bonds. The highest BCUT2D eigenvalue weighted by Crippen LogP contribution is 2.26. The molecule has 0 bridgehead atoms. The summed E-state index contributed by atoms with van der Waals surface area (Å²) in [7, 11) is 2.51. The molecule has 0 saturated carbocycles. The third-order valence-electron chi connectivity index (χ3n) is 3.06. The molecule has 2 rings (SSSR count). The molecule has 9 nitrogen and oxygen atoms in total. The van der Waals surface area contributed by atoms with Gasteiger partial charge in [0.25, 0.3) is 5.56 Å². The van der Waals surface area contributed by atoms with E-state index in [2.05, 4.69) is 10.2 Å². The van der Waals surface area contributed by atoms with E-state index >= 15 is 0 Å². The molecular formula is C13H11ClN4O5. The molecule has 0 atom stereocenters. The van der Waals surface area contributed by atoms with Crippen LogP contribution in [-0.2, 0) is 14.1 Å². The van der Waals surface area contributed by atoms with Crippen molar-refractivity contribution in [3.8, 4) is 5.88 Å². The minimum atomic E-state index is -1.19. The van der Waals surface area contributed by atoms with Gasteiger partial charge in [-0.15, -0.1) is 5.11 Å². The van der Waals surface area contributed by atoms with Gasteiger partial charge in [-0.05, 0) is 18.2 Å². The van der Waals surface area contributed by atoms with Crippen LogP contribution in [0.5, 0.6) is 5.88 Å². The molecule has 0 spiro atoms. The van der Waals surface area contributed by atoms with Gasteiger partial charge in [-0.25, -0.2) is 9.59 Å². The fourth-order valence-corrected chi connectivity index (χ4v) is 2.01. The first-order valence-electron chi connectivity index (χ1n) is 6.17. The second-order valence-electron chi connectivity index (χ2n) is 4.55. The molecule has 23 heavy (non-hydrogen) atoms. The van der Waals surface area contributed by atoms with Gasteiger partial charge >= 0.3 is 11.7 Å². The number of carboxylic acids is 1. The van der Waals surface area contributed by atoms with E-state index < -0.39 is 28.8 Å². The Bertz CT molecular complexity index is 945. The number of rotatable bonds is 3. The molecule has 0 saturated heterocycles. The van der Waals surface area contributed by atoms with Crippen LogP contribution < -0.4 is 11.2 Å². The first kappa shape index (κ1) is 16.4. The molecule has 0 unspecified atom stereocenters. The summed E-state index contributed by atoms with van der Waals surface area (Å²) in [5.41, 5.74) is -1.88. The van der Waals surface area contributed by atoms with E-state index in [1.54, 1.807) is 0 Å². The van der Waals surface area contributed by atoms with Gasteiger partial charge in [-0.3, -0.25) is 13.9 Å². The van der Waals surface area contributed by atoms with Crippen LogP contribution >= 0.6 is 11.6 Å². The van der Waals surface area contributed by atoms with Crippen LogP contribution in [0, 0.1) is 0 Å². The van der Waals surface area contributed by atoms with Crippen molar-refractivity contribution in [1.29, 1.82) is 0 Å². The molecule has 120 valence electrons. The zero-order chi connectivity index (χ0) is 17.3. The number of carboxylic acid groups (broad SMARTS) is 1. The van der Waals surface area contributed by atoms with Gasteiger partial charge in [0, 0.05) is 14.1 Å². The van der Waals surface area contributed by atoms with E-state index in [0.29, 0.717) is 0 Å². The summed E-state index contributed by atoms with van der Waals surface area (Å²) < 4.78 is 1.62. The first-order chi connectivity index (χ1) is 10.7. The van der Waals surface area contributed by atoms with Crippen LogP contribution in [0.3, 0.4) is 0 Å². The van der Waals surface area contributed by atoms with Crippen molar-refractivity contribution < 1.29 is 15.0 Å². The van der Waals surface area contributed by atoms with Gasteiger partial charge in [0.1, 0.15) is 0 Å². The van der Waals surface area contributed by atoms with E-state index in [4.69, 9.17) is 16.7 Å². The standard InChI is InChI=1S/C13H11ClN4O5/c1-17-10(19)9(11(20)18(2)13(17)23)16-15-6-3-4-7(12(21)22)8(14)5-6/h3-5,19H,1-2H3,(H,21,22). The van der Waals surface area contributed by atoms with Gasteiger partial charge in [0.05, 0.1) is 16.3 Å². The van der Waals surface area contributed by atoms with Gasteiger partial charge < -0.3 is 10.2 Å². The Balaban J connectivity index is 2.50. The summed E-state index contributed by atoms with van der Waals surface area (Å²) in [5.74, 6) is -1.82. The van der Waals surface area contributed by atoms with Crippen molar-refractivity contribution in [3.63, 3.8) is 0 Å². The van der Waals surface area contributed by atoms with Crippen LogP contribution in [0.2, 0.25) is 5.02 Å². The highest BCUT2D eigenvalue weighted by molar-refractivity contribution is 6.33. The van der Waals surface area contributed by atoms with E-state index in [1.165, 1.54) is 32.3 Å². The monoisotopic (exact) mass is 338 g/mol. The minimum absolute atomic E-state index is 0.0495. The molecular weight excluding hydrogens is 328 g/mol. The fourth-order valence-electron chi connectivity index (χ4n) is 1.75. The Morgan fingerprint density at radius 1 is 1.17 bits per heavy atom. The molecule has 0 radical (unpaired) electrons. The molecule has 0 aliphatic carbocycles. The molecule has 2 N–H and O–H groups in total. The van der Waals surface area contributed by atoms with Crippen molar-refractivity contribution >= 4 is 28.9 Å². The molecule has 1 aromatic carbocycles. The summed E-state index contributed by atoms with van der Waals surface area (Å²) >= 11 is 5.80. The van der Waals surface area contributed by atoms with Crippen LogP contribution in [0.25, 0.3) is 0 Å². The summed E-state index contributed by atoms with van der Waals surface area (Å²) in [6.45, 7) is 0. The lowest BCUT2D eigenvalue weighted by molar-refractivity contribution is 0.0697. The lowest BCUT2D eigenvalue weighted by Crippen LogP contribution is -2.36. The number of aromatic nitrogens is 2. The van der Waals surface area contributed by atoms with Crippen LogP contribution in [0.1, 0.15) is 10.4 Å². The number of halogens is 1. The summed E-state index contributed by atoms with van der Waals surface area (Å²) in [5, 5.41) is 26.0. The third-order valence-corrected chi connectivity index (χ3v) is 3.37. The molecule has 2 aromatic rings. The number of carbonyl (C=O) groups is 1. The average molecular weight is 339 g/mol. The van der Waals surface area contributed by atoms with E-state index in [9.17, 15) is 19.5 Å². The Morgan fingerprint density at radius 3 is 2.39 bits per heavy atom. The highest BCUT2D eigenvalue weighted by Gasteiger charge is 2.14. The maximum absolute atomic E-state index is 11.9. The molecule has 1 heterocycles. The third kappa shape index (κ3) is 2.99. The summed E-state index contributed by atoms with van der Waals surface area (Å²) in [6.07, 6.45) is 0. The van der Waals surface area contributed by atoms with Gasteiger partial charge in [0.15, 0.2) is 0 Å². The molecule has 0 aliphatic heterocycles. The molecule has 0 fully saturated rings. The fraction of sp³-hybridized carbons (Fsp3) is 0.154. The van der Waals surface area contributed by atoms with Crippen molar-refractivity contribution in [3.05, 3.63) is 49.6 Å². The van der Waals surface area contributed by atoms with Gasteiger partial charge in [-0.2, -0.15) is 5.11 Å². The number of nitrogens with zero attached hydrogens (tertiary/aromatic N) is 4. The quantitative estimate of drug-likeness (QED) is 0.821. The van der Waals surface area contributed by atoms with Crippen LogP contribution in [0.15, 0.2) is 38.0 Å². The summed E-state index contributed by atoms with van der Waals surface area (Å²) in [6, 6.07) is 3.82. The van der Waals surface area contributed by atoms with Gasteiger partial charge in [0.2, 0.25) is 11.6 Å². The lowest BCUT2D eigenvalue weighted by Gasteiger charge is -2.06. The van der Waals surface area contributed by atoms with Crippen molar-refractivity contribution in [2.75, 3.05) is 0 Å². The average Bonchev–Trinajstić information content (AvgIpc) is 2.50. The van der Waals surface area contributed by atoms with Crippen LogP contribution in [0.4, 0.5) is 11.4 Å². The maximum Gasteiger partial charge on any atom is 0.337 e. The second-order valence-corrected chi connectivity index (χ2v) is 4.95. The van der Waals surface area contributed by atoms with E-state index in [1.807, 2.05) is 0 Å². The van der Waals surface area contributed by atoms with Crippen LogP contribution in [-0.4, -0.2) is 25.3 Å². The number of benzene rings is 1. The van der Waals surface area contributed by atoms with Crippen molar-refractivity contribution in [1.82, 2.24) is 9.13 Å². The highest BCUT2D eigenvalue weighted by atomic mass is 35.5. The van der Waals surface area contributed by atoms with Crippen molar-refractivity contribution in [2.24, 2.45) is 24.3 Å². The zero-order valence-corrected chi connectivity index (χ0v) is 12.8. The maximum atomic E-state index is 11.9. The van der Waals surface area contributed by atoms with E-state index in [0.717, 1.165) is 9.13 Å². The summed E-state index contributed by atoms with van der Waals surface area (Å²) in [4.78, 5) is 34.4. The number of hydrogen-bond acceptors (Lipinski definition) is 6. The Hall–Kier alpha value is -2.94. The van der Waals surface area contributed by atoms with E-state index in [-0.39, 0.29) is 16.3 Å². The topological polar surface area (TPSA) is 126 Å². The molecule has 1 aromatic heterocycles. The second kappa shape index (κ2) is 6.05. The Labute approximate surface area is 133 Å². The lowest BCUT2D eigenvalue weighted by atomic mass is 10.2. The number of hydrogen-bond donors (Lipinski definition) is 2. The molecule has 10 heteroatoms. The Kier molecular flexibility index (Phi) is 4.32. The minimum Gasteiger partial charge on any atom is -0.493 e. The largest absolute Gasteiger partial charge is 0.493 e. The first-order valence-corrected chi connectivity index (χ1v) is 6.55. The predicted octanol–water partition coefficient (Wildman–Crippen LogP) is 1.56. The van der Waals surface area contributed by atoms with Gasteiger partial charge in [-0.1, -0.05) is 11.6 Å². The van der Waals surface area contributed by atoms with Crippen molar-refractivity contribution in [2.45, 2.75) is 0 Å². The predicted molar refractivity (Wildman–Crippen MR) is 81.2 cm³/mol. The SMILES string of the molecule is Cn1c(O)c(N=Nc2ccc(C(=O)O)c(Cl)c2)c(=O)n(C)c1=O. The molecule has 0 aliphatic rings. The zero-order valence-electron chi connectivity index (χ0n) is 12.0. The normalized spacial score (nSPS) is 11.1. The Morgan fingerprint density at radius 2 is 1.83 bits per heavy atom.